The minimum Gasteiger partial charge on any atom is -0.478 e. The molecule has 0 atom stereocenters. The average molecular weight is 547 g/mol. The van der Waals surface area contributed by atoms with Gasteiger partial charge >= 0.3 is 5.97 Å². The fraction of sp³-hybridized carbons (Fsp3) is 0.433. The Morgan fingerprint density at radius 3 is 2.45 bits per heavy atom. The number of aromatic nitrogens is 3. The van der Waals surface area contributed by atoms with Crippen molar-refractivity contribution < 1.29 is 19.1 Å². The maximum atomic E-state index is 13.8. The van der Waals surface area contributed by atoms with E-state index < -0.39 is 11.5 Å². The molecule has 0 spiro atoms. The van der Waals surface area contributed by atoms with Gasteiger partial charge in [0.25, 0.3) is 5.91 Å². The van der Waals surface area contributed by atoms with E-state index in [0.717, 1.165) is 30.5 Å². The highest BCUT2D eigenvalue weighted by Gasteiger charge is 2.39. The van der Waals surface area contributed by atoms with Gasteiger partial charge in [-0.1, -0.05) is 18.6 Å². The molecule has 0 bridgehead atoms. The Balaban J connectivity index is 1.33. The van der Waals surface area contributed by atoms with Gasteiger partial charge in [-0.2, -0.15) is 0 Å². The van der Waals surface area contributed by atoms with Gasteiger partial charge in [-0.15, -0.1) is 0 Å². The number of anilines is 2. The molecule has 1 aliphatic carbocycles. The van der Waals surface area contributed by atoms with Crippen molar-refractivity contribution in [2.75, 3.05) is 29.9 Å². The highest BCUT2D eigenvalue weighted by Crippen LogP contribution is 2.38. The Labute approximate surface area is 233 Å². The second kappa shape index (κ2) is 10.8. The van der Waals surface area contributed by atoms with Crippen molar-refractivity contribution in [1.82, 2.24) is 19.9 Å². The predicted octanol–water partition coefficient (Wildman–Crippen LogP) is 4.95. The summed E-state index contributed by atoms with van der Waals surface area (Å²) in [6.07, 6.45) is 4.68. The smallest absolute Gasteiger partial charge is 0.337 e. The average Bonchev–Trinajstić information content (AvgIpc) is 2.86. The van der Waals surface area contributed by atoms with Crippen LogP contribution in [0.3, 0.4) is 0 Å². The van der Waals surface area contributed by atoms with E-state index in [-0.39, 0.29) is 23.2 Å². The Morgan fingerprint density at radius 1 is 1.12 bits per heavy atom. The summed E-state index contributed by atoms with van der Waals surface area (Å²) in [5.41, 5.74) is 2.91. The van der Waals surface area contributed by atoms with Gasteiger partial charge in [0.1, 0.15) is 23.1 Å². The third kappa shape index (κ3) is 5.48. The van der Waals surface area contributed by atoms with Crippen LogP contribution >= 0.6 is 0 Å². The number of carbonyl (C=O) groups is 2. The zero-order valence-corrected chi connectivity index (χ0v) is 23.4. The van der Waals surface area contributed by atoms with E-state index in [1.54, 1.807) is 38.2 Å². The molecule has 1 amide bonds. The Kier molecular flexibility index (Phi) is 7.44. The van der Waals surface area contributed by atoms with E-state index in [0.29, 0.717) is 54.8 Å². The number of aryl methyl sites for hydroxylation is 2. The molecule has 10 heteroatoms. The number of amides is 1. The van der Waals surface area contributed by atoms with Crippen molar-refractivity contribution in [2.45, 2.75) is 65.0 Å². The maximum absolute atomic E-state index is 13.8. The van der Waals surface area contributed by atoms with Crippen LogP contribution in [-0.2, 0) is 6.54 Å². The molecule has 3 aromatic rings. The lowest BCUT2D eigenvalue weighted by Crippen LogP contribution is -2.61. The monoisotopic (exact) mass is 546 g/mol. The van der Waals surface area contributed by atoms with Crippen molar-refractivity contribution in [3.63, 3.8) is 0 Å². The minimum atomic E-state index is -0.983. The van der Waals surface area contributed by atoms with Gasteiger partial charge in [0.15, 0.2) is 0 Å². The molecule has 1 saturated heterocycles. The lowest BCUT2D eigenvalue weighted by molar-refractivity contribution is 0.0505. The summed E-state index contributed by atoms with van der Waals surface area (Å²) in [5.74, 6) is 0.211. The number of carboxylic acid groups (broad SMARTS) is 1. The van der Waals surface area contributed by atoms with Crippen molar-refractivity contribution in [2.24, 2.45) is 0 Å². The van der Waals surface area contributed by atoms with Crippen LogP contribution in [0.15, 0.2) is 36.5 Å². The van der Waals surface area contributed by atoms with Crippen LogP contribution in [0.4, 0.5) is 16.0 Å². The summed E-state index contributed by atoms with van der Waals surface area (Å²) >= 11 is 0. The number of hydrogen-bond donors (Lipinski definition) is 2. The normalized spacial score (nSPS) is 16.9. The first kappa shape index (κ1) is 27.5. The predicted molar refractivity (Wildman–Crippen MR) is 150 cm³/mol. The van der Waals surface area contributed by atoms with Gasteiger partial charge in [-0.05, 0) is 69.9 Å². The molecule has 210 valence electrons. The van der Waals surface area contributed by atoms with Gasteiger partial charge in [-0.25, -0.2) is 24.1 Å². The summed E-state index contributed by atoms with van der Waals surface area (Å²) < 4.78 is 13.3. The summed E-state index contributed by atoms with van der Waals surface area (Å²) in [6, 6.07) is 8.14. The number of carboxylic acids is 1. The quantitative estimate of drug-likeness (QED) is 0.428. The zero-order chi connectivity index (χ0) is 28.6. The molecule has 1 aliphatic heterocycles. The van der Waals surface area contributed by atoms with Crippen LogP contribution in [0.25, 0.3) is 0 Å². The number of benzene rings is 1. The summed E-state index contributed by atoms with van der Waals surface area (Å²) in [4.78, 5) is 43.3. The number of nitrogens with one attached hydrogen (secondary N) is 1. The lowest BCUT2D eigenvalue weighted by Gasteiger charge is -2.47. The van der Waals surface area contributed by atoms with Crippen molar-refractivity contribution in [3.05, 3.63) is 76.1 Å². The molecule has 1 saturated carbocycles. The van der Waals surface area contributed by atoms with Crippen molar-refractivity contribution in [1.29, 1.82) is 0 Å². The summed E-state index contributed by atoms with van der Waals surface area (Å²) in [6.45, 7) is 9.58. The third-order valence-corrected chi connectivity index (χ3v) is 7.95. The third-order valence-electron chi connectivity index (χ3n) is 7.95. The molecule has 40 heavy (non-hydrogen) atoms. The van der Waals surface area contributed by atoms with Crippen molar-refractivity contribution >= 4 is 23.5 Å². The van der Waals surface area contributed by atoms with Gasteiger partial charge in [0, 0.05) is 32.1 Å². The molecular formula is C30H35FN6O3. The molecule has 2 aromatic heterocycles. The Hall–Kier alpha value is -4.08. The molecule has 2 N–H and O–H groups in total. The van der Waals surface area contributed by atoms with E-state index in [1.807, 2.05) is 18.7 Å². The largest absolute Gasteiger partial charge is 0.478 e. The summed E-state index contributed by atoms with van der Waals surface area (Å²) in [5, 5.41) is 12.8. The van der Waals surface area contributed by atoms with Crippen LogP contribution in [0.5, 0.6) is 0 Å². The molecule has 5 rings (SSSR count). The van der Waals surface area contributed by atoms with Crippen LogP contribution in [0, 0.1) is 19.7 Å². The fourth-order valence-corrected chi connectivity index (χ4v) is 5.56. The number of nitrogens with zero attached hydrogens (tertiary/aromatic N) is 5. The van der Waals surface area contributed by atoms with Crippen LogP contribution in [0.1, 0.15) is 82.4 Å². The first-order chi connectivity index (χ1) is 19.0. The number of carbonyl (C=O) groups excluding carboxylic acids is 1. The second-order valence-corrected chi connectivity index (χ2v) is 11.4. The lowest BCUT2D eigenvalue weighted by atomic mass is 9.82. The number of aromatic carboxylic acids is 1. The topological polar surface area (TPSA) is 112 Å². The molecular weight excluding hydrogens is 511 g/mol. The highest BCUT2D eigenvalue weighted by molar-refractivity contribution is 5.93. The van der Waals surface area contributed by atoms with Gasteiger partial charge < -0.3 is 20.2 Å². The number of halogens is 1. The number of rotatable bonds is 7. The highest BCUT2D eigenvalue weighted by atomic mass is 19.1. The molecule has 2 fully saturated rings. The van der Waals surface area contributed by atoms with E-state index in [2.05, 4.69) is 20.2 Å². The Bertz CT molecular complexity index is 1410. The summed E-state index contributed by atoms with van der Waals surface area (Å²) in [7, 11) is 0. The molecule has 0 unspecified atom stereocenters. The number of pyridine rings is 1. The van der Waals surface area contributed by atoms with E-state index in [1.165, 1.54) is 12.1 Å². The molecule has 0 radical (unpaired) electrons. The van der Waals surface area contributed by atoms with Crippen molar-refractivity contribution in [3.8, 4) is 0 Å². The van der Waals surface area contributed by atoms with Gasteiger partial charge in [0.05, 0.1) is 28.7 Å². The van der Waals surface area contributed by atoms with E-state index >= 15 is 0 Å². The molecule has 3 heterocycles. The fourth-order valence-electron chi connectivity index (χ4n) is 5.56. The molecule has 9 nitrogen and oxygen atoms in total. The number of piperazine rings is 1. The minimum absolute atomic E-state index is 0.163. The Morgan fingerprint density at radius 2 is 1.85 bits per heavy atom. The van der Waals surface area contributed by atoms with Gasteiger partial charge in [0.2, 0.25) is 0 Å². The first-order valence-corrected chi connectivity index (χ1v) is 13.7. The van der Waals surface area contributed by atoms with Crippen LogP contribution in [0.2, 0.25) is 0 Å². The van der Waals surface area contributed by atoms with E-state index in [9.17, 15) is 19.1 Å². The van der Waals surface area contributed by atoms with E-state index in [4.69, 9.17) is 4.98 Å². The first-order valence-electron chi connectivity index (χ1n) is 13.7. The van der Waals surface area contributed by atoms with Gasteiger partial charge in [-0.3, -0.25) is 4.79 Å². The van der Waals surface area contributed by atoms with Crippen LogP contribution in [-0.4, -0.2) is 62.0 Å². The molecule has 2 aliphatic rings. The zero-order valence-electron chi connectivity index (χ0n) is 23.4. The second-order valence-electron chi connectivity index (χ2n) is 11.4. The maximum Gasteiger partial charge on any atom is 0.337 e. The van der Waals surface area contributed by atoms with Crippen LogP contribution < -0.4 is 10.2 Å². The standard InChI is InChI=1S/C30H35FN6O3/c1-18-14-24(34-19(2)25(18)29(39)40)36-12-13-37(30(3,4)17-36)28(38)23-16-33-27(26(35-23)21-6-5-7-21)32-15-20-8-10-22(31)11-9-20/h8-11,14,16,21H,5-7,12-13,15,17H2,1-4H3,(H,32,33)(H,39,40). The SMILES string of the molecule is Cc1cc(N2CCN(C(=O)c3cnc(NCc4ccc(F)cc4)c(C4CCC4)n3)C(C)(C)C2)nc(C)c1C(=O)O. The molecule has 1 aromatic carbocycles. The number of hydrogen-bond acceptors (Lipinski definition) is 7.